The number of hydrogen-bond acceptors (Lipinski definition) is 5. The fraction of sp³-hybridized carbons (Fsp3) is 0.385. The van der Waals surface area contributed by atoms with Gasteiger partial charge in [-0.15, -0.1) is 12.4 Å². The molecule has 0 amide bonds. The largest absolute Gasteiger partial charge is 0.506 e. The van der Waals surface area contributed by atoms with Gasteiger partial charge in [-0.25, -0.2) is 4.79 Å². The minimum atomic E-state index is -1.24. The Morgan fingerprint density at radius 1 is 1.38 bits per heavy atom. The third-order valence-corrected chi connectivity index (χ3v) is 3.84. The molecule has 0 aromatic heterocycles. The lowest BCUT2D eigenvalue weighted by Gasteiger charge is -2.30. The lowest BCUT2D eigenvalue weighted by molar-refractivity contribution is -0.152. The minimum absolute atomic E-state index is 0. The summed E-state index contributed by atoms with van der Waals surface area (Å²) in [6, 6.07) is 1.67. The standard InChI is InChI=1S/C13H16BrNO5.ClH/c1-13(2,12(19)20-3)10(15)8-6(11(17)18)4-5-7(14)9(8)16;/h4-5,10,16H,15H2,1-3H3,(H,17,18);1H/t10-;/m1./s1. The number of phenols is 1. The van der Waals surface area contributed by atoms with Crippen LogP contribution in [0.5, 0.6) is 5.75 Å². The van der Waals surface area contributed by atoms with E-state index in [2.05, 4.69) is 20.7 Å². The van der Waals surface area contributed by atoms with Gasteiger partial charge in [-0.3, -0.25) is 4.79 Å². The van der Waals surface area contributed by atoms with Crippen molar-refractivity contribution in [1.29, 1.82) is 0 Å². The van der Waals surface area contributed by atoms with E-state index in [0.29, 0.717) is 4.47 Å². The molecule has 1 aromatic rings. The lowest BCUT2D eigenvalue weighted by Crippen LogP contribution is -2.38. The topological polar surface area (TPSA) is 110 Å². The van der Waals surface area contributed by atoms with Gasteiger partial charge < -0.3 is 20.7 Å². The van der Waals surface area contributed by atoms with E-state index >= 15 is 0 Å². The number of aromatic carboxylic acids is 1. The van der Waals surface area contributed by atoms with E-state index in [1.54, 1.807) is 0 Å². The van der Waals surface area contributed by atoms with Crippen LogP contribution in [0, 0.1) is 5.41 Å². The molecule has 0 aliphatic carbocycles. The fourth-order valence-corrected chi connectivity index (χ4v) is 2.18. The third kappa shape index (κ3) is 3.66. The van der Waals surface area contributed by atoms with E-state index in [1.165, 1.54) is 33.1 Å². The van der Waals surface area contributed by atoms with Gasteiger partial charge in [0.2, 0.25) is 0 Å². The normalized spacial score (nSPS) is 12.2. The first kappa shape index (κ1) is 19.7. The molecule has 21 heavy (non-hydrogen) atoms. The van der Waals surface area contributed by atoms with E-state index in [0.717, 1.165) is 0 Å². The molecule has 0 saturated carbocycles. The van der Waals surface area contributed by atoms with E-state index in [-0.39, 0.29) is 29.3 Å². The highest BCUT2D eigenvalue weighted by atomic mass is 79.9. The number of carbonyl (C=O) groups is 2. The summed E-state index contributed by atoms with van der Waals surface area (Å²) in [6.45, 7) is 3.05. The van der Waals surface area contributed by atoms with Crippen LogP contribution in [0.25, 0.3) is 0 Å². The summed E-state index contributed by atoms with van der Waals surface area (Å²) in [5.41, 5.74) is 4.65. The van der Waals surface area contributed by atoms with Gasteiger partial charge in [0.15, 0.2) is 0 Å². The summed E-state index contributed by atoms with van der Waals surface area (Å²) in [7, 11) is 1.22. The first-order chi connectivity index (χ1) is 9.14. The summed E-state index contributed by atoms with van der Waals surface area (Å²) in [5.74, 6) is -2.13. The van der Waals surface area contributed by atoms with Crippen LogP contribution >= 0.6 is 28.3 Å². The molecule has 0 spiro atoms. The number of rotatable bonds is 4. The number of hydrogen-bond donors (Lipinski definition) is 3. The molecule has 0 heterocycles. The van der Waals surface area contributed by atoms with E-state index < -0.39 is 23.4 Å². The van der Waals surface area contributed by atoms with Crippen LogP contribution < -0.4 is 5.73 Å². The zero-order valence-electron chi connectivity index (χ0n) is 11.7. The lowest BCUT2D eigenvalue weighted by atomic mass is 9.79. The summed E-state index contributed by atoms with van der Waals surface area (Å²) in [6.07, 6.45) is 0. The zero-order valence-corrected chi connectivity index (χ0v) is 14.1. The van der Waals surface area contributed by atoms with Crippen molar-refractivity contribution in [3.8, 4) is 5.75 Å². The van der Waals surface area contributed by atoms with Gasteiger partial charge in [0, 0.05) is 11.6 Å². The molecular formula is C13H17BrClNO5. The molecule has 6 nitrogen and oxygen atoms in total. The van der Waals surface area contributed by atoms with Gasteiger partial charge in [-0.2, -0.15) is 0 Å². The van der Waals surface area contributed by atoms with Crippen LogP contribution in [0.3, 0.4) is 0 Å². The van der Waals surface area contributed by atoms with Crippen molar-refractivity contribution >= 4 is 40.3 Å². The second kappa shape index (κ2) is 7.11. The Morgan fingerprint density at radius 3 is 2.33 bits per heavy atom. The van der Waals surface area contributed by atoms with Crippen molar-refractivity contribution < 1.29 is 24.5 Å². The highest BCUT2D eigenvalue weighted by molar-refractivity contribution is 9.10. The fourth-order valence-electron chi connectivity index (χ4n) is 1.83. The monoisotopic (exact) mass is 381 g/mol. The third-order valence-electron chi connectivity index (χ3n) is 3.20. The van der Waals surface area contributed by atoms with Crippen LogP contribution in [0.4, 0.5) is 0 Å². The van der Waals surface area contributed by atoms with E-state index in [1.807, 2.05) is 0 Å². The maximum Gasteiger partial charge on any atom is 0.336 e. The molecule has 1 rings (SSSR count). The molecule has 0 bridgehead atoms. The van der Waals surface area contributed by atoms with Gasteiger partial charge in [0.05, 0.1) is 22.6 Å². The summed E-state index contributed by atoms with van der Waals surface area (Å²) >= 11 is 3.10. The van der Waals surface area contributed by atoms with Crippen molar-refractivity contribution in [2.24, 2.45) is 11.1 Å². The average molecular weight is 383 g/mol. The summed E-state index contributed by atoms with van der Waals surface area (Å²) in [4.78, 5) is 23.0. The number of halogens is 2. The second-order valence-electron chi connectivity index (χ2n) is 4.85. The maximum absolute atomic E-state index is 11.8. The highest BCUT2D eigenvalue weighted by Crippen LogP contribution is 2.41. The van der Waals surface area contributed by atoms with E-state index in [4.69, 9.17) is 5.73 Å². The number of phenolic OH excluding ortho intramolecular Hbond substituents is 1. The number of benzene rings is 1. The maximum atomic E-state index is 11.8. The number of methoxy groups -OCH3 is 1. The zero-order chi connectivity index (χ0) is 15.7. The molecule has 0 unspecified atom stereocenters. The molecule has 8 heteroatoms. The van der Waals surface area contributed by atoms with Gasteiger partial charge in [-0.05, 0) is 41.9 Å². The Bertz CT molecular complexity index is 562. The number of carboxylic acids is 1. The second-order valence-corrected chi connectivity index (χ2v) is 5.71. The predicted molar refractivity (Wildman–Crippen MR) is 82.7 cm³/mol. The van der Waals surface area contributed by atoms with Crippen LogP contribution in [-0.4, -0.2) is 29.3 Å². The van der Waals surface area contributed by atoms with Crippen LogP contribution in [0.2, 0.25) is 0 Å². The summed E-state index contributed by atoms with van der Waals surface area (Å²) < 4.78 is 4.97. The molecule has 0 fully saturated rings. The molecule has 118 valence electrons. The number of nitrogens with two attached hydrogens (primary N) is 1. The quantitative estimate of drug-likeness (QED) is 0.690. The van der Waals surface area contributed by atoms with E-state index in [9.17, 15) is 19.8 Å². The van der Waals surface area contributed by atoms with Gasteiger partial charge in [-0.1, -0.05) is 0 Å². The SMILES string of the molecule is COC(=O)C(C)(C)[C@H](N)c1c(C(=O)O)ccc(Br)c1O.Cl. The number of ether oxygens (including phenoxy) is 1. The van der Waals surface area contributed by atoms with Crippen LogP contribution in [0.1, 0.15) is 35.8 Å². The van der Waals surface area contributed by atoms with Gasteiger partial charge in [0.25, 0.3) is 0 Å². The Kier molecular flexibility index (Phi) is 6.66. The van der Waals surface area contributed by atoms with Crippen LogP contribution in [0.15, 0.2) is 16.6 Å². The van der Waals surface area contributed by atoms with Gasteiger partial charge >= 0.3 is 11.9 Å². The van der Waals surface area contributed by atoms with Crippen LogP contribution in [-0.2, 0) is 9.53 Å². The molecule has 4 N–H and O–H groups in total. The number of carboxylic acid groups (broad SMARTS) is 1. The Morgan fingerprint density at radius 2 is 1.90 bits per heavy atom. The average Bonchev–Trinajstić information content (AvgIpc) is 2.39. The number of esters is 1. The first-order valence-electron chi connectivity index (χ1n) is 5.73. The molecule has 1 aromatic carbocycles. The minimum Gasteiger partial charge on any atom is -0.506 e. The Labute approximate surface area is 136 Å². The van der Waals surface area contributed by atoms with Crippen molar-refractivity contribution in [3.05, 3.63) is 27.7 Å². The smallest absolute Gasteiger partial charge is 0.336 e. The molecule has 0 saturated heterocycles. The van der Waals surface area contributed by atoms with Crippen molar-refractivity contribution in [1.82, 2.24) is 0 Å². The summed E-state index contributed by atoms with van der Waals surface area (Å²) in [5, 5.41) is 19.3. The number of carbonyl (C=O) groups excluding carboxylic acids is 1. The number of aromatic hydroxyl groups is 1. The molecule has 0 radical (unpaired) electrons. The molecular weight excluding hydrogens is 366 g/mol. The molecule has 0 aliphatic heterocycles. The Hall–Kier alpha value is -1.31. The first-order valence-corrected chi connectivity index (χ1v) is 6.52. The van der Waals surface area contributed by atoms with Crippen molar-refractivity contribution in [2.45, 2.75) is 19.9 Å². The molecule has 0 aliphatic rings. The van der Waals surface area contributed by atoms with Crippen molar-refractivity contribution in [2.75, 3.05) is 7.11 Å². The predicted octanol–water partition coefficient (Wildman–Crippen LogP) is 2.47. The molecule has 1 atom stereocenters. The van der Waals surface area contributed by atoms with Crippen molar-refractivity contribution in [3.63, 3.8) is 0 Å². The van der Waals surface area contributed by atoms with Gasteiger partial charge in [0.1, 0.15) is 5.75 Å². The Balaban J connectivity index is 0.00000400. The highest BCUT2D eigenvalue weighted by Gasteiger charge is 2.40.